The Morgan fingerprint density at radius 1 is 1.08 bits per heavy atom. The second-order valence-corrected chi connectivity index (χ2v) is 7.30. The van der Waals surface area contributed by atoms with Crippen LogP contribution in [0.25, 0.3) is 0 Å². The highest BCUT2D eigenvalue weighted by Gasteiger charge is 2.26. The van der Waals surface area contributed by atoms with Gasteiger partial charge in [-0.3, -0.25) is 9.69 Å². The zero-order valence-electron chi connectivity index (χ0n) is 15.0. The van der Waals surface area contributed by atoms with E-state index in [9.17, 15) is 9.90 Å². The van der Waals surface area contributed by atoms with Gasteiger partial charge in [0, 0.05) is 32.6 Å². The highest BCUT2D eigenvalue weighted by Crippen LogP contribution is 2.27. The van der Waals surface area contributed by atoms with Crippen LogP contribution in [0.5, 0.6) is 0 Å². The summed E-state index contributed by atoms with van der Waals surface area (Å²) in [6.07, 6.45) is 3.73. The van der Waals surface area contributed by atoms with Crippen LogP contribution in [0.2, 0.25) is 0 Å². The minimum Gasteiger partial charge on any atom is -0.481 e. The predicted molar refractivity (Wildman–Crippen MR) is 92.2 cm³/mol. The number of hydrogen-bond acceptors (Lipinski definition) is 6. The first kappa shape index (κ1) is 18.3. The molecular formula is C17H29N5O3. The second-order valence-electron chi connectivity index (χ2n) is 7.30. The van der Waals surface area contributed by atoms with Gasteiger partial charge in [-0.25, -0.2) is 0 Å². The Balaban J connectivity index is 1.52. The number of aliphatic hydroxyl groups is 1. The summed E-state index contributed by atoms with van der Waals surface area (Å²) < 4.78 is 2.13. The lowest BCUT2D eigenvalue weighted by atomic mass is 9.96. The molecule has 8 heteroatoms. The molecule has 2 N–H and O–H groups in total. The largest absolute Gasteiger partial charge is 0.481 e. The Morgan fingerprint density at radius 2 is 1.72 bits per heavy atom. The van der Waals surface area contributed by atoms with Crippen LogP contribution in [0.3, 0.4) is 0 Å². The van der Waals surface area contributed by atoms with Crippen molar-refractivity contribution in [2.75, 3.05) is 32.7 Å². The van der Waals surface area contributed by atoms with Crippen molar-refractivity contribution in [2.45, 2.75) is 50.7 Å². The number of nitrogens with zero attached hydrogens (tertiary/aromatic N) is 5. The number of rotatable bonds is 6. The van der Waals surface area contributed by atoms with E-state index in [0.29, 0.717) is 12.5 Å². The average Bonchev–Trinajstić information content (AvgIpc) is 2.96. The quantitative estimate of drug-likeness (QED) is 0.767. The van der Waals surface area contributed by atoms with E-state index in [-0.39, 0.29) is 12.5 Å². The van der Waals surface area contributed by atoms with Crippen molar-refractivity contribution in [3.63, 3.8) is 0 Å². The average molecular weight is 351 g/mol. The molecule has 1 aromatic rings. The first-order valence-electron chi connectivity index (χ1n) is 9.25. The van der Waals surface area contributed by atoms with Crippen LogP contribution in [0, 0.1) is 0 Å². The number of piperidine rings is 2. The molecule has 3 heterocycles. The lowest BCUT2D eigenvalue weighted by molar-refractivity contribution is -0.137. The summed E-state index contributed by atoms with van der Waals surface area (Å²) in [7, 11) is 2.04. The molecule has 2 saturated heterocycles. The van der Waals surface area contributed by atoms with Crippen LogP contribution in [-0.4, -0.2) is 79.6 Å². The summed E-state index contributed by atoms with van der Waals surface area (Å²) in [6, 6.07) is 0. The predicted octanol–water partition coefficient (Wildman–Crippen LogP) is 0.426. The van der Waals surface area contributed by atoms with Gasteiger partial charge in [0.05, 0.1) is 19.1 Å². The molecule has 1 aromatic heterocycles. The van der Waals surface area contributed by atoms with E-state index in [1.54, 1.807) is 0 Å². The molecular weight excluding hydrogens is 322 g/mol. The molecule has 0 saturated carbocycles. The zero-order chi connectivity index (χ0) is 17.8. The molecule has 0 unspecified atom stereocenters. The Morgan fingerprint density at radius 3 is 2.36 bits per heavy atom. The van der Waals surface area contributed by atoms with Gasteiger partial charge in [-0.05, 0) is 38.8 Å². The third-order valence-corrected chi connectivity index (χ3v) is 5.52. The molecule has 0 atom stereocenters. The maximum absolute atomic E-state index is 10.7. The number of aliphatic carboxylic acids is 1. The van der Waals surface area contributed by atoms with E-state index in [0.717, 1.165) is 70.1 Å². The van der Waals surface area contributed by atoms with E-state index in [2.05, 4.69) is 24.6 Å². The molecule has 0 aromatic carbocycles. The fraction of sp³-hybridized carbons (Fsp3) is 0.824. The summed E-state index contributed by atoms with van der Waals surface area (Å²) >= 11 is 0. The monoisotopic (exact) mass is 351 g/mol. The Kier molecular flexibility index (Phi) is 6.03. The van der Waals surface area contributed by atoms with Gasteiger partial charge in [0.1, 0.15) is 11.6 Å². The Labute approximate surface area is 148 Å². The number of carbonyl (C=O) groups is 1. The van der Waals surface area contributed by atoms with Crippen molar-refractivity contribution < 1.29 is 15.0 Å². The zero-order valence-corrected chi connectivity index (χ0v) is 15.0. The minimum absolute atomic E-state index is 0.155. The van der Waals surface area contributed by atoms with E-state index in [1.807, 2.05) is 7.05 Å². The van der Waals surface area contributed by atoms with Crippen LogP contribution in [0.4, 0.5) is 0 Å². The Hall–Kier alpha value is -1.51. The second kappa shape index (κ2) is 8.25. The van der Waals surface area contributed by atoms with Gasteiger partial charge in [0.15, 0.2) is 0 Å². The normalized spacial score (nSPS) is 21.7. The van der Waals surface area contributed by atoms with Gasteiger partial charge in [-0.1, -0.05) is 0 Å². The SMILES string of the molecule is Cn1c(CN2CCC(O)CC2)nnc1C1CCN(CCC(=O)O)CC1. The molecule has 8 nitrogen and oxygen atoms in total. The van der Waals surface area contributed by atoms with Gasteiger partial charge < -0.3 is 19.7 Å². The molecule has 140 valence electrons. The lowest BCUT2D eigenvalue weighted by Gasteiger charge is -2.31. The van der Waals surface area contributed by atoms with Gasteiger partial charge in [0.25, 0.3) is 0 Å². The van der Waals surface area contributed by atoms with E-state index >= 15 is 0 Å². The summed E-state index contributed by atoms with van der Waals surface area (Å²) in [5, 5.41) is 27.3. The number of aromatic nitrogens is 3. The minimum atomic E-state index is -0.731. The molecule has 3 rings (SSSR count). The molecule has 2 aliphatic heterocycles. The van der Waals surface area contributed by atoms with Crippen LogP contribution in [0.15, 0.2) is 0 Å². The number of aliphatic hydroxyl groups excluding tert-OH is 1. The number of carboxylic acid groups (broad SMARTS) is 1. The fourth-order valence-electron chi connectivity index (χ4n) is 3.81. The van der Waals surface area contributed by atoms with Crippen LogP contribution < -0.4 is 0 Å². The summed E-state index contributed by atoms with van der Waals surface area (Å²) in [4.78, 5) is 15.2. The molecule has 0 aliphatic carbocycles. The van der Waals surface area contributed by atoms with Gasteiger partial charge >= 0.3 is 5.97 Å². The maximum Gasteiger partial charge on any atom is 0.304 e. The van der Waals surface area contributed by atoms with Crippen LogP contribution in [-0.2, 0) is 18.4 Å². The lowest BCUT2D eigenvalue weighted by Crippen LogP contribution is -2.36. The van der Waals surface area contributed by atoms with Crippen LogP contribution >= 0.6 is 0 Å². The number of hydrogen-bond donors (Lipinski definition) is 2. The van der Waals surface area contributed by atoms with E-state index < -0.39 is 5.97 Å². The van der Waals surface area contributed by atoms with Crippen molar-refractivity contribution in [1.82, 2.24) is 24.6 Å². The number of carboxylic acids is 1. The first-order chi connectivity index (χ1) is 12.0. The Bertz CT molecular complexity index is 575. The third kappa shape index (κ3) is 4.77. The van der Waals surface area contributed by atoms with Gasteiger partial charge in [-0.2, -0.15) is 0 Å². The molecule has 0 bridgehead atoms. The molecule has 2 aliphatic rings. The van der Waals surface area contributed by atoms with Crippen LogP contribution in [0.1, 0.15) is 49.7 Å². The van der Waals surface area contributed by atoms with Crippen molar-refractivity contribution in [3.05, 3.63) is 11.6 Å². The standard InChI is InChI=1S/C17H29N5O3/c1-20-15(12-22-9-4-14(23)5-10-22)18-19-17(20)13-2-7-21(8-3-13)11-6-16(24)25/h13-14,23H,2-12H2,1H3,(H,24,25). The highest BCUT2D eigenvalue weighted by atomic mass is 16.4. The summed E-state index contributed by atoms with van der Waals surface area (Å²) in [6.45, 7) is 5.07. The van der Waals surface area contributed by atoms with E-state index in [4.69, 9.17) is 5.11 Å². The fourth-order valence-corrected chi connectivity index (χ4v) is 3.81. The summed E-state index contributed by atoms with van der Waals surface area (Å²) in [5.41, 5.74) is 0. The number of likely N-dealkylation sites (tertiary alicyclic amines) is 2. The summed E-state index contributed by atoms with van der Waals surface area (Å²) in [5.74, 6) is 1.70. The van der Waals surface area contributed by atoms with Crippen molar-refractivity contribution in [2.24, 2.45) is 7.05 Å². The molecule has 2 fully saturated rings. The van der Waals surface area contributed by atoms with Gasteiger partial charge in [-0.15, -0.1) is 10.2 Å². The molecule has 0 amide bonds. The molecule has 25 heavy (non-hydrogen) atoms. The smallest absolute Gasteiger partial charge is 0.304 e. The van der Waals surface area contributed by atoms with E-state index in [1.165, 1.54) is 0 Å². The van der Waals surface area contributed by atoms with Crippen molar-refractivity contribution in [3.8, 4) is 0 Å². The maximum atomic E-state index is 10.7. The van der Waals surface area contributed by atoms with Crippen molar-refractivity contribution >= 4 is 5.97 Å². The van der Waals surface area contributed by atoms with Gasteiger partial charge in [0.2, 0.25) is 0 Å². The molecule has 0 radical (unpaired) electrons. The van der Waals surface area contributed by atoms with Crippen molar-refractivity contribution in [1.29, 1.82) is 0 Å². The molecule has 0 spiro atoms. The first-order valence-corrected chi connectivity index (χ1v) is 9.25. The highest BCUT2D eigenvalue weighted by molar-refractivity contribution is 5.66. The topological polar surface area (TPSA) is 94.7 Å². The third-order valence-electron chi connectivity index (χ3n) is 5.52.